The normalized spacial score (nSPS) is 24.6. The summed E-state index contributed by atoms with van der Waals surface area (Å²) in [6.45, 7) is 2.16. The maximum atomic E-state index is 12.8. The van der Waals surface area contributed by atoms with Gasteiger partial charge in [-0.1, -0.05) is 30.7 Å². The number of rotatable bonds is 5. The molecule has 0 aromatic heterocycles. The number of thioether (sulfide) groups is 1. The number of halogens is 1. The highest BCUT2D eigenvalue weighted by Crippen LogP contribution is 2.47. The molecule has 1 aliphatic carbocycles. The lowest BCUT2D eigenvalue weighted by atomic mass is 10.1. The highest BCUT2D eigenvalue weighted by atomic mass is 35.5. The molecule has 1 spiro atoms. The van der Waals surface area contributed by atoms with Crippen LogP contribution in [-0.4, -0.2) is 34.4 Å². The Labute approximate surface area is 135 Å². The van der Waals surface area contributed by atoms with Gasteiger partial charge in [-0.25, -0.2) is 0 Å². The second-order valence-electron chi connectivity index (χ2n) is 5.91. The molecule has 114 valence electrons. The van der Waals surface area contributed by atoms with Crippen LogP contribution in [0.5, 0.6) is 0 Å². The lowest BCUT2D eigenvalue weighted by molar-refractivity contribution is -0.132. The van der Waals surface area contributed by atoms with Gasteiger partial charge in [0.2, 0.25) is 5.91 Å². The second kappa shape index (κ2) is 5.82. The first-order valence-corrected chi connectivity index (χ1v) is 9.23. The Balaban J connectivity index is 1.92. The topological polar surface area (TPSA) is 32.3 Å². The summed E-state index contributed by atoms with van der Waals surface area (Å²) >= 11 is 7.79. The molecular formula is C16H21ClN2OS. The van der Waals surface area contributed by atoms with E-state index >= 15 is 0 Å². The smallest absolute Gasteiger partial charge is 0.244 e. The molecule has 1 amide bonds. The van der Waals surface area contributed by atoms with E-state index < -0.39 is 0 Å². The molecular weight excluding hydrogens is 304 g/mol. The van der Waals surface area contributed by atoms with Gasteiger partial charge in [-0.2, -0.15) is 11.8 Å². The molecule has 1 aromatic carbocycles. The molecule has 3 rings (SSSR count). The Morgan fingerprint density at radius 3 is 2.62 bits per heavy atom. The molecule has 3 nitrogen and oxygen atoms in total. The molecule has 2 aliphatic rings. The van der Waals surface area contributed by atoms with Crippen LogP contribution in [-0.2, 0) is 4.79 Å². The predicted octanol–water partition coefficient (Wildman–Crippen LogP) is 3.44. The van der Waals surface area contributed by atoms with Crippen LogP contribution < -0.4 is 5.32 Å². The van der Waals surface area contributed by atoms with Crippen molar-refractivity contribution in [2.75, 3.05) is 12.0 Å². The summed E-state index contributed by atoms with van der Waals surface area (Å²) in [5.74, 6) is 1.26. The van der Waals surface area contributed by atoms with Crippen molar-refractivity contribution >= 4 is 29.3 Å². The number of nitrogens with one attached hydrogen (secondary N) is 1. The molecule has 1 aliphatic heterocycles. The van der Waals surface area contributed by atoms with Crippen molar-refractivity contribution in [2.45, 2.75) is 43.9 Å². The van der Waals surface area contributed by atoms with Gasteiger partial charge >= 0.3 is 0 Å². The Hall–Kier alpha value is -0.710. The molecule has 1 aromatic rings. The quantitative estimate of drug-likeness (QED) is 0.900. The zero-order chi connectivity index (χ0) is 15.0. The van der Waals surface area contributed by atoms with Gasteiger partial charge in [0.15, 0.2) is 0 Å². The van der Waals surface area contributed by atoms with Crippen LogP contribution in [0.15, 0.2) is 24.3 Å². The van der Waals surface area contributed by atoms with Crippen LogP contribution >= 0.6 is 23.4 Å². The number of hydrogen-bond donors (Lipinski definition) is 1. The van der Waals surface area contributed by atoms with Gasteiger partial charge in [-0.3, -0.25) is 10.1 Å². The molecule has 2 fully saturated rings. The molecule has 0 radical (unpaired) electrons. The van der Waals surface area contributed by atoms with Crippen molar-refractivity contribution in [2.24, 2.45) is 0 Å². The molecule has 1 saturated heterocycles. The van der Waals surface area contributed by atoms with Crippen LogP contribution in [0.1, 0.15) is 37.9 Å². The summed E-state index contributed by atoms with van der Waals surface area (Å²) in [5, 5.41) is 4.30. The average molecular weight is 325 g/mol. The lowest BCUT2D eigenvalue weighted by Crippen LogP contribution is -2.41. The van der Waals surface area contributed by atoms with Crippen molar-refractivity contribution < 1.29 is 4.79 Å². The summed E-state index contributed by atoms with van der Waals surface area (Å²) in [6.07, 6.45) is 4.98. The van der Waals surface area contributed by atoms with Crippen molar-refractivity contribution in [3.63, 3.8) is 0 Å². The lowest BCUT2D eigenvalue weighted by Gasteiger charge is -2.32. The highest BCUT2D eigenvalue weighted by Gasteiger charge is 2.60. The van der Waals surface area contributed by atoms with E-state index in [1.807, 2.05) is 24.3 Å². The first-order chi connectivity index (χ1) is 10.1. The number of carbonyl (C=O) groups is 1. The largest absolute Gasteiger partial charge is 0.317 e. The summed E-state index contributed by atoms with van der Waals surface area (Å²) in [7, 11) is 0. The van der Waals surface area contributed by atoms with Crippen molar-refractivity contribution in [1.82, 2.24) is 10.2 Å². The first kappa shape index (κ1) is 15.2. The first-order valence-electron chi connectivity index (χ1n) is 7.46. The highest BCUT2D eigenvalue weighted by molar-refractivity contribution is 7.98. The number of benzene rings is 1. The molecule has 1 saturated carbocycles. The van der Waals surface area contributed by atoms with E-state index in [1.54, 1.807) is 11.8 Å². The number of hydrogen-bond acceptors (Lipinski definition) is 3. The molecule has 2 unspecified atom stereocenters. The van der Waals surface area contributed by atoms with Gasteiger partial charge in [-0.05, 0) is 43.2 Å². The van der Waals surface area contributed by atoms with E-state index in [1.165, 1.54) is 0 Å². The van der Waals surface area contributed by atoms with Crippen LogP contribution in [0.2, 0.25) is 5.02 Å². The minimum absolute atomic E-state index is 0.0191. The monoisotopic (exact) mass is 324 g/mol. The fourth-order valence-corrected chi connectivity index (χ4v) is 4.00. The molecule has 1 heterocycles. The average Bonchev–Trinajstić information content (AvgIpc) is 3.21. The maximum absolute atomic E-state index is 12.8. The minimum atomic E-state index is -0.282. The zero-order valence-electron chi connectivity index (χ0n) is 12.4. The Kier molecular flexibility index (Phi) is 4.21. The minimum Gasteiger partial charge on any atom is -0.317 e. The van der Waals surface area contributed by atoms with Gasteiger partial charge < -0.3 is 4.90 Å². The standard InChI is InChI=1S/C16H21ClN2OS/c1-3-13(10-21-2)19-14(11-4-6-12(17)7-5-11)18-16(8-9-16)15(19)20/h4-7,13-14,18H,3,8-10H2,1-2H3. The van der Waals surface area contributed by atoms with E-state index in [0.717, 1.165) is 35.6 Å². The van der Waals surface area contributed by atoms with Crippen LogP contribution in [0, 0.1) is 0 Å². The van der Waals surface area contributed by atoms with Crippen LogP contribution in [0.4, 0.5) is 0 Å². The maximum Gasteiger partial charge on any atom is 0.244 e. The van der Waals surface area contributed by atoms with Crippen molar-refractivity contribution in [3.05, 3.63) is 34.9 Å². The summed E-state index contributed by atoms with van der Waals surface area (Å²) in [6, 6.07) is 8.12. The summed E-state index contributed by atoms with van der Waals surface area (Å²) in [4.78, 5) is 14.9. The van der Waals surface area contributed by atoms with E-state index in [0.29, 0.717) is 0 Å². The van der Waals surface area contributed by atoms with E-state index in [2.05, 4.69) is 23.4 Å². The van der Waals surface area contributed by atoms with Gasteiger partial charge in [0, 0.05) is 16.8 Å². The number of carbonyl (C=O) groups excluding carboxylic acids is 1. The van der Waals surface area contributed by atoms with Gasteiger partial charge in [0.1, 0.15) is 11.7 Å². The molecule has 1 N–H and O–H groups in total. The second-order valence-corrected chi connectivity index (χ2v) is 7.26. The fraction of sp³-hybridized carbons (Fsp3) is 0.562. The third kappa shape index (κ3) is 2.69. The van der Waals surface area contributed by atoms with Crippen LogP contribution in [0.25, 0.3) is 0 Å². The van der Waals surface area contributed by atoms with E-state index in [9.17, 15) is 4.79 Å². The summed E-state index contributed by atoms with van der Waals surface area (Å²) < 4.78 is 0. The Morgan fingerprint density at radius 1 is 1.43 bits per heavy atom. The molecule has 0 bridgehead atoms. The Morgan fingerprint density at radius 2 is 2.10 bits per heavy atom. The van der Waals surface area contributed by atoms with E-state index in [4.69, 9.17) is 11.6 Å². The molecule has 5 heteroatoms. The molecule has 2 atom stereocenters. The SMILES string of the molecule is CCC(CSC)N1C(=O)C2(CC2)NC1c1ccc(Cl)cc1. The number of amides is 1. The van der Waals surface area contributed by atoms with E-state index in [-0.39, 0.29) is 23.7 Å². The van der Waals surface area contributed by atoms with Crippen LogP contribution in [0.3, 0.4) is 0 Å². The third-order valence-electron chi connectivity index (χ3n) is 4.49. The zero-order valence-corrected chi connectivity index (χ0v) is 14.0. The fourth-order valence-electron chi connectivity index (χ4n) is 3.09. The van der Waals surface area contributed by atoms with Crippen molar-refractivity contribution in [3.8, 4) is 0 Å². The van der Waals surface area contributed by atoms with Gasteiger partial charge in [-0.15, -0.1) is 0 Å². The van der Waals surface area contributed by atoms with Gasteiger partial charge in [0.05, 0.1) is 0 Å². The Bertz CT molecular complexity index is 530. The summed E-state index contributed by atoms with van der Waals surface area (Å²) in [5.41, 5.74) is 0.840. The predicted molar refractivity (Wildman–Crippen MR) is 88.6 cm³/mol. The third-order valence-corrected chi connectivity index (χ3v) is 5.46. The number of nitrogens with zero attached hydrogens (tertiary/aromatic N) is 1. The van der Waals surface area contributed by atoms with Gasteiger partial charge in [0.25, 0.3) is 0 Å². The van der Waals surface area contributed by atoms with Crippen molar-refractivity contribution in [1.29, 1.82) is 0 Å². The molecule has 21 heavy (non-hydrogen) atoms.